The highest BCUT2D eigenvalue weighted by molar-refractivity contribution is 6.07. The van der Waals surface area contributed by atoms with Crippen molar-refractivity contribution in [3.05, 3.63) is 114 Å². The molecule has 0 saturated heterocycles. The van der Waals surface area contributed by atoms with Gasteiger partial charge in [-0.3, -0.25) is 4.79 Å². The minimum atomic E-state index is -4.49. The standard InChI is InChI=1S/C27H17F3N2O2/c28-27(29,30)21-13-11-19-15-25(34-24(19)16-21)23(33)14-12-20-17-32(22-9-5-2-6-10-22)31-26(20)18-7-3-1-4-8-18/h1-17H. The van der Waals surface area contributed by atoms with Crippen molar-refractivity contribution in [2.24, 2.45) is 0 Å². The molecule has 0 unspecified atom stereocenters. The summed E-state index contributed by atoms with van der Waals surface area (Å²) >= 11 is 0. The number of furan rings is 1. The Hall–Kier alpha value is -4.39. The molecular weight excluding hydrogens is 441 g/mol. The Labute approximate surface area is 192 Å². The number of carbonyl (C=O) groups is 1. The van der Waals surface area contributed by atoms with E-state index in [0.29, 0.717) is 16.6 Å². The molecule has 2 aromatic heterocycles. The topological polar surface area (TPSA) is 48.0 Å². The fraction of sp³-hybridized carbons (Fsp3) is 0.0370. The molecule has 4 nitrogen and oxygen atoms in total. The molecule has 0 N–H and O–H groups in total. The minimum absolute atomic E-state index is 0.00782. The largest absolute Gasteiger partial charge is 0.453 e. The van der Waals surface area contributed by atoms with Gasteiger partial charge in [-0.15, -0.1) is 0 Å². The van der Waals surface area contributed by atoms with Crippen LogP contribution in [0.5, 0.6) is 0 Å². The van der Waals surface area contributed by atoms with Crippen molar-refractivity contribution >= 4 is 22.8 Å². The molecule has 34 heavy (non-hydrogen) atoms. The summed E-state index contributed by atoms with van der Waals surface area (Å²) in [5.74, 6) is -0.501. The van der Waals surface area contributed by atoms with Gasteiger partial charge in [0.1, 0.15) is 5.58 Å². The van der Waals surface area contributed by atoms with Crippen LogP contribution in [0, 0.1) is 0 Å². The van der Waals surface area contributed by atoms with Crippen molar-refractivity contribution < 1.29 is 22.4 Å². The molecule has 168 valence electrons. The van der Waals surface area contributed by atoms with Gasteiger partial charge < -0.3 is 4.42 Å². The number of hydrogen-bond donors (Lipinski definition) is 0. The van der Waals surface area contributed by atoms with E-state index in [1.165, 1.54) is 18.2 Å². The predicted octanol–water partition coefficient (Wildman–Crippen LogP) is 7.20. The number of fused-ring (bicyclic) bond motifs is 1. The van der Waals surface area contributed by atoms with Crippen LogP contribution in [0.25, 0.3) is 34.0 Å². The number of benzene rings is 3. The summed E-state index contributed by atoms with van der Waals surface area (Å²) in [6, 6.07) is 23.7. The molecule has 0 fully saturated rings. The Bertz CT molecular complexity index is 1500. The zero-order chi connectivity index (χ0) is 23.7. The van der Waals surface area contributed by atoms with Crippen LogP contribution in [0.15, 0.2) is 102 Å². The van der Waals surface area contributed by atoms with E-state index in [4.69, 9.17) is 9.52 Å². The number of alkyl halides is 3. The highest BCUT2D eigenvalue weighted by Gasteiger charge is 2.31. The third kappa shape index (κ3) is 4.28. The van der Waals surface area contributed by atoms with Crippen molar-refractivity contribution in [1.29, 1.82) is 0 Å². The van der Waals surface area contributed by atoms with E-state index in [0.717, 1.165) is 23.4 Å². The van der Waals surface area contributed by atoms with E-state index in [-0.39, 0.29) is 11.3 Å². The molecule has 7 heteroatoms. The van der Waals surface area contributed by atoms with Crippen LogP contribution in [-0.2, 0) is 6.18 Å². The van der Waals surface area contributed by atoms with Crippen LogP contribution in [0.2, 0.25) is 0 Å². The smallest absolute Gasteiger partial charge is 0.416 e. The molecule has 0 amide bonds. The van der Waals surface area contributed by atoms with Crippen LogP contribution < -0.4 is 0 Å². The molecule has 0 radical (unpaired) electrons. The summed E-state index contributed by atoms with van der Waals surface area (Å²) in [5, 5.41) is 5.12. The van der Waals surface area contributed by atoms with Crippen molar-refractivity contribution in [2.45, 2.75) is 6.18 Å². The molecule has 0 aliphatic heterocycles. The minimum Gasteiger partial charge on any atom is -0.453 e. The second-order valence-electron chi connectivity index (χ2n) is 7.64. The summed E-state index contributed by atoms with van der Waals surface area (Å²) < 4.78 is 46.0. The molecular formula is C27H17F3N2O2. The van der Waals surface area contributed by atoms with Crippen molar-refractivity contribution in [3.63, 3.8) is 0 Å². The third-order valence-electron chi connectivity index (χ3n) is 5.32. The number of hydrogen-bond acceptors (Lipinski definition) is 3. The van der Waals surface area contributed by atoms with E-state index in [9.17, 15) is 18.0 Å². The monoisotopic (exact) mass is 458 g/mol. The van der Waals surface area contributed by atoms with Gasteiger partial charge in [0.25, 0.3) is 0 Å². The van der Waals surface area contributed by atoms with Crippen molar-refractivity contribution in [1.82, 2.24) is 9.78 Å². The second kappa shape index (κ2) is 8.51. The SMILES string of the molecule is O=C(C=Cc1cn(-c2ccccc2)nc1-c1ccccc1)c1cc2ccc(C(F)(F)F)cc2o1. The molecule has 0 atom stereocenters. The lowest BCUT2D eigenvalue weighted by atomic mass is 10.1. The Morgan fingerprint density at radius 3 is 2.32 bits per heavy atom. The first kappa shape index (κ1) is 21.5. The van der Waals surface area contributed by atoms with Gasteiger partial charge in [0.05, 0.1) is 16.9 Å². The predicted molar refractivity (Wildman–Crippen MR) is 124 cm³/mol. The van der Waals surface area contributed by atoms with Crippen molar-refractivity contribution in [3.8, 4) is 16.9 Å². The number of allylic oxidation sites excluding steroid dienone is 1. The maximum absolute atomic E-state index is 13.0. The fourth-order valence-electron chi connectivity index (χ4n) is 3.62. The molecule has 0 spiro atoms. The maximum atomic E-state index is 13.0. The average Bonchev–Trinajstić information content (AvgIpc) is 3.47. The Kier molecular flexibility index (Phi) is 5.37. The molecule has 0 bridgehead atoms. The van der Waals surface area contributed by atoms with E-state index in [2.05, 4.69) is 0 Å². The van der Waals surface area contributed by atoms with Crippen LogP contribution in [-0.4, -0.2) is 15.6 Å². The lowest BCUT2D eigenvalue weighted by Gasteiger charge is -2.04. The molecule has 2 heterocycles. The Morgan fingerprint density at radius 2 is 1.62 bits per heavy atom. The van der Waals surface area contributed by atoms with Gasteiger partial charge in [-0.1, -0.05) is 54.6 Å². The fourth-order valence-corrected chi connectivity index (χ4v) is 3.62. The second-order valence-corrected chi connectivity index (χ2v) is 7.64. The maximum Gasteiger partial charge on any atom is 0.416 e. The number of rotatable bonds is 5. The van der Waals surface area contributed by atoms with Crippen LogP contribution in [0.3, 0.4) is 0 Å². The summed E-state index contributed by atoms with van der Waals surface area (Å²) in [6.07, 6.45) is 0.292. The van der Waals surface area contributed by atoms with Crippen LogP contribution in [0.1, 0.15) is 21.7 Å². The van der Waals surface area contributed by atoms with Gasteiger partial charge in [-0.05, 0) is 42.5 Å². The number of halogens is 3. The number of nitrogens with zero attached hydrogens (tertiary/aromatic N) is 2. The van der Waals surface area contributed by atoms with Gasteiger partial charge >= 0.3 is 6.18 Å². The van der Waals surface area contributed by atoms with Gasteiger partial charge in [0.2, 0.25) is 5.78 Å². The van der Waals surface area contributed by atoms with Gasteiger partial charge in [-0.25, -0.2) is 4.68 Å². The molecule has 5 rings (SSSR count). The highest BCUT2D eigenvalue weighted by Crippen LogP contribution is 2.32. The first-order chi connectivity index (χ1) is 16.4. The van der Waals surface area contributed by atoms with Gasteiger partial charge in [0.15, 0.2) is 5.76 Å². The highest BCUT2D eigenvalue weighted by atomic mass is 19.4. The molecule has 3 aromatic carbocycles. The normalized spacial score (nSPS) is 12.0. The lowest BCUT2D eigenvalue weighted by Crippen LogP contribution is -2.03. The van der Waals surface area contributed by atoms with Gasteiger partial charge in [0, 0.05) is 22.7 Å². The lowest BCUT2D eigenvalue weighted by molar-refractivity contribution is -0.137. The summed E-state index contributed by atoms with van der Waals surface area (Å²) in [6.45, 7) is 0. The molecule has 0 saturated carbocycles. The van der Waals surface area contributed by atoms with E-state index in [1.807, 2.05) is 66.9 Å². The number of carbonyl (C=O) groups excluding carboxylic acids is 1. The molecule has 0 aliphatic carbocycles. The van der Waals surface area contributed by atoms with Crippen LogP contribution >= 0.6 is 0 Å². The number of ketones is 1. The Balaban J connectivity index is 1.48. The first-order valence-corrected chi connectivity index (χ1v) is 10.4. The zero-order valence-corrected chi connectivity index (χ0v) is 17.7. The van der Waals surface area contributed by atoms with E-state index in [1.54, 1.807) is 10.8 Å². The van der Waals surface area contributed by atoms with E-state index < -0.39 is 17.5 Å². The quantitative estimate of drug-likeness (QED) is 0.207. The Morgan fingerprint density at radius 1 is 0.912 bits per heavy atom. The summed E-state index contributed by atoms with van der Waals surface area (Å²) in [7, 11) is 0. The summed E-state index contributed by atoms with van der Waals surface area (Å²) in [5.41, 5.74) is 2.32. The number of para-hydroxylation sites is 1. The third-order valence-corrected chi connectivity index (χ3v) is 5.32. The molecule has 5 aromatic rings. The summed E-state index contributed by atoms with van der Waals surface area (Å²) in [4.78, 5) is 12.8. The van der Waals surface area contributed by atoms with Gasteiger partial charge in [-0.2, -0.15) is 18.3 Å². The zero-order valence-electron chi connectivity index (χ0n) is 17.7. The van der Waals surface area contributed by atoms with E-state index >= 15 is 0 Å². The van der Waals surface area contributed by atoms with Crippen LogP contribution in [0.4, 0.5) is 13.2 Å². The number of aromatic nitrogens is 2. The van der Waals surface area contributed by atoms with Crippen molar-refractivity contribution in [2.75, 3.05) is 0 Å². The first-order valence-electron chi connectivity index (χ1n) is 10.4. The average molecular weight is 458 g/mol. The molecule has 0 aliphatic rings.